The highest BCUT2D eigenvalue weighted by Crippen LogP contribution is 2.16. The van der Waals surface area contributed by atoms with Crippen LogP contribution in [0.25, 0.3) is 0 Å². The normalized spacial score (nSPS) is 12.4. The third-order valence-electron chi connectivity index (χ3n) is 2.35. The van der Waals surface area contributed by atoms with E-state index in [9.17, 15) is 9.59 Å². The Hall–Kier alpha value is -0.810. The minimum Gasteiger partial charge on any atom is -0.354 e. The Morgan fingerprint density at radius 3 is 2.12 bits per heavy atom. The number of nitrogens with one attached hydrogen (secondary N) is 1. The average Bonchev–Trinajstić information content (AvgIpc) is 2.14. The summed E-state index contributed by atoms with van der Waals surface area (Å²) < 4.78 is 0. The second-order valence-electron chi connectivity index (χ2n) is 5.17. The highest BCUT2D eigenvalue weighted by molar-refractivity contribution is 5.85. The van der Waals surface area contributed by atoms with Crippen molar-refractivity contribution >= 4 is 24.2 Å². The third-order valence-corrected chi connectivity index (χ3v) is 2.35. The molecule has 0 aliphatic rings. The van der Waals surface area contributed by atoms with Crippen LogP contribution in [0.5, 0.6) is 0 Å². The fourth-order valence-electron chi connectivity index (χ4n) is 1.02. The molecule has 0 aromatic rings. The summed E-state index contributed by atoms with van der Waals surface area (Å²) >= 11 is 0. The molecule has 0 saturated heterocycles. The van der Waals surface area contributed by atoms with E-state index in [0.717, 1.165) is 0 Å². The molecule has 1 atom stereocenters. The van der Waals surface area contributed by atoms with Gasteiger partial charge in [-0.05, 0) is 5.41 Å². The number of carbonyl (C=O) groups is 2. The number of nitrogens with zero attached hydrogens (tertiary/aromatic N) is 1. The molecular formula is C11H24ClN3O2. The van der Waals surface area contributed by atoms with Crippen LogP contribution in [-0.4, -0.2) is 43.4 Å². The zero-order valence-corrected chi connectivity index (χ0v) is 12.1. The van der Waals surface area contributed by atoms with Gasteiger partial charge in [0, 0.05) is 27.1 Å². The molecule has 0 saturated carbocycles. The SMILES string of the molecule is CN(C)C(=O)CCNC(=O)[C@@H](N)C(C)(C)C.Cl. The maximum absolute atomic E-state index is 11.6. The largest absolute Gasteiger partial charge is 0.354 e. The smallest absolute Gasteiger partial charge is 0.237 e. The summed E-state index contributed by atoms with van der Waals surface area (Å²) in [6, 6.07) is -0.554. The van der Waals surface area contributed by atoms with Crippen LogP contribution in [0, 0.1) is 5.41 Å². The van der Waals surface area contributed by atoms with Gasteiger partial charge in [-0.25, -0.2) is 0 Å². The highest BCUT2D eigenvalue weighted by Gasteiger charge is 2.27. The zero-order valence-electron chi connectivity index (χ0n) is 11.2. The van der Waals surface area contributed by atoms with E-state index in [1.54, 1.807) is 14.1 Å². The highest BCUT2D eigenvalue weighted by atomic mass is 35.5. The summed E-state index contributed by atoms with van der Waals surface area (Å²) in [4.78, 5) is 24.3. The van der Waals surface area contributed by atoms with Gasteiger partial charge in [0.25, 0.3) is 0 Å². The Morgan fingerprint density at radius 1 is 1.29 bits per heavy atom. The van der Waals surface area contributed by atoms with Crippen LogP contribution in [-0.2, 0) is 9.59 Å². The molecular weight excluding hydrogens is 242 g/mol. The van der Waals surface area contributed by atoms with Crippen LogP contribution in [0.2, 0.25) is 0 Å². The molecule has 2 amide bonds. The molecule has 0 radical (unpaired) electrons. The fraction of sp³-hybridized carbons (Fsp3) is 0.818. The average molecular weight is 266 g/mol. The van der Waals surface area contributed by atoms with E-state index in [0.29, 0.717) is 13.0 Å². The predicted octanol–water partition coefficient (Wildman–Crippen LogP) is 0.376. The van der Waals surface area contributed by atoms with Crippen molar-refractivity contribution in [3.63, 3.8) is 0 Å². The number of hydrogen-bond donors (Lipinski definition) is 2. The molecule has 0 fully saturated rings. The van der Waals surface area contributed by atoms with Crippen LogP contribution in [0.1, 0.15) is 27.2 Å². The van der Waals surface area contributed by atoms with Gasteiger partial charge in [-0.3, -0.25) is 9.59 Å². The van der Waals surface area contributed by atoms with Gasteiger partial charge in [-0.1, -0.05) is 20.8 Å². The van der Waals surface area contributed by atoms with Crippen molar-refractivity contribution in [2.75, 3.05) is 20.6 Å². The van der Waals surface area contributed by atoms with E-state index in [2.05, 4.69) is 5.32 Å². The molecule has 5 nitrogen and oxygen atoms in total. The van der Waals surface area contributed by atoms with Crippen molar-refractivity contribution in [1.29, 1.82) is 0 Å². The van der Waals surface area contributed by atoms with E-state index >= 15 is 0 Å². The van der Waals surface area contributed by atoms with Crippen LogP contribution in [0.4, 0.5) is 0 Å². The maximum Gasteiger partial charge on any atom is 0.237 e. The second-order valence-corrected chi connectivity index (χ2v) is 5.17. The van der Waals surface area contributed by atoms with Crippen LogP contribution in [0.3, 0.4) is 0 Å². The predicted molar refractivity (Wildman–Crippen MR) is 71.0 cm³/mol. The van der Waals surface area contributed by atoms with Gasteiger partial charge >= 0.3 is 0 Å². The Bertz CT molecular complexity index is 262. The van der Waals surface area contributed by atoms with Crippen molar-refractivity contribution in [1.82, 2.24) is 10.2 Å². The molecule has 0 spiro atoms. The van der Waals surface area contributed by atoms with Gasteiger partial charge in [0.2, 0.25) is 11.8 Å². The molecule has 0 aromatic carbocycles. The maximum atomic E-state index is 11.6. The van der Waals surface area contributed by atoms with E-state index in [1.165, 1.54) is 4.90 Å². The molecule has 0 unspecified atom stereocenters. The van der Waals surface area contributed by atoms with Gasteiger partial charge in [0.05, 0.1) is 6.04 Å². The van der Waals surface area contributed by atoms with Crippen LogP contribution in [0.15, 0.2) is 0 Å². The first-order valence-electron chi connectivity index (χ1n) is 5.39. The minimum absolute atomic E-state index is 0. The molecule has 102 valence electrons. The monoisotopic (exact) mass is 265 g/mol. The Morgan fingerprint density at radius 2 is 1.76 bits per heavy atom. The van der Waals surface area contributed by atoms with Gasteiger partial charge in [0.15, 0.2) is 0 Å². The summed E-state index contributed by atoms with van der Waals surface area (Å²) in [5, 5.41) is 2.66. The number of carbonyl (C=O) groups excluding carboxylic acids is 2. The van der Waals surface area contributed by atoms with Crippen LogP contribution >= 0.6 is 12.4 Å². The third kappa shape index (κ3) is 7.18. The van der Waals surface area contributed by atoms with Crippen molar-refractivity contribution in [3.8, 4) is 0 Å². The van der Waals surface area contributed by atoms with E-state index < -0.39 is 6.04 Å². The molecule has 0 bridgehead atoms. The quantitative estimate of drug-likeness (QED) is 0.772. The van der Waals surface area contributed by atoms with Gasteiger partial charge < -0.3 is 16.0 Å². The minimum atomic E-state index is -0.554. The zero-order chi connectivity index (χ0) is 12.9. The van der Waals surface area contributed by atoms with Gasteiger partial charge in [-0.15, -0.1) is 12.4 Å². The molecule has 0 heterocycles. The first-order valence-corrected chi connectivity index (χ1v) is 5.39. The molecule has 0 aromatic heterocycles. The van der Waals surface area contributed by atoms with E-state index in [-0.39, 0.29) is 29.6 Å². The summed E-state index contributed by atoms with van der Waals surface area (Å²) in [7, 11) is 3.37. The number of amides is 2. The first-order chi connectivity index (χ1) is 7.16. The first kappa shape index (κ1) is 18.6. The van der Waals surface area contributed by atoms with Crippen LogP contribution < -0.4 is 11.1 Å². The lowest BCUT2D eigenvalue weighted by Crippen LogP contribution is -2.49. The molecule has 0 rings (SSSR count). The lowest BCUT2D eigenvalue weighted by atomic mass is 9.87. The van der Waals surface area contributed by atoms with Crippen molar-refractivity contribution in [2.45, 2.75) is 33.2 Å². The fourth-order valence-corrected chi connectivity index (χ4v) is 1.02. The van der Waals surface area contributed by atoms with Gasteiger partial charge in [0.1, 0.15) is 0 Å². The number of nitrogens with two attached hydrogens (primary N) is 1. The lowest BCUT2D eigenvalue weighted by molar-refractivity contribution is -0.129. The van der Waals surface area contributed by atoms with E-state index in [4.69, 9.17) is 5.73 Å². The van der Waals surface area contributed by atoms with Crippen molar-refractivity contribution in [2.24, 2.45) is 11.1 Å². The summed E-state index contributed by atoms with van der Waals surface area (Å²) in [6.07, 6.45) is 0.301. The van der Waals surface area contributed by atoms with Crippen molar-refractivity contribution in [3.05, 3.63) is 0 Å². The number of halogens is 1. The van der Waals surface area contributed by atoms with Crippen molar-refractivity contribution < 1.29 is 9.59 Å². The topological polar surface area (TPSA) is 75.4 Å². The Labute approximate surface area is 110 Å². The molecule has 17 heavy (non-hydrogen) atoms. The molecule has 3 N–H and O–H groups in total. The summed E-state index contributed by atoms with van der Waals surface area (Å²) in [6.45, 7) is 6.05. The van der Waals surface area contributed by atoms with E-state index in [1.807, 2.05) is 20.8 Å². The summed E-state index contributed by atoms with van der Waals surface area (Å²) in [5.74, 6) is -0.219. The lowest BCUT2D eigenvalue weighted by Gasteiger charge is -2.25. The molecule has 6 heteroatoms. The number of rotatable bonds is 4. The second kappa shape index (κ2) is 7.50. The van der Waals surface area contributed by atoms with Gasteiger partial charge in [-0.2, -0.15) is 0 Å². The standard InChI is InChI=1S/C11H23N3O2.ClH/c1-11(2,3)9(12)10(16)13-7-6-8(15)14(4)5;/h9H,6-7,12H2,1-5H3,(H,13,16);1H/t9-;/m1./s1. The Balaban J connectivity index is 0. The number of hydrogen-bond acceptors (Lipinski definition) is 3. The molecule has 0 aliphatic heterocycles. The molecule has 0 aliphatic carbocycles. The summed E-state index contributed by atoms with van der Waals surface area (Å²) in [5.41, 5.74) is 5.50. The Kier molecular flexibility index (Phi) is 8.19.